The number of fused-ring (bicyclic) bond motifs is 1. The van der Waals surface area contributed by atoms with Crippen molar-refractivity contribution in [1.29, 1.82) is 0 Å². The van der Waals surface area contributed by atoms with Gasteiger partial charge in [-0.15, -0.1) is 0 Å². The van der Waals surface area contributed by atoms with Crippen LogP contribution in [-0.2, 0) is 12.8 Å². The topological polar surface area (TPSA) is 81.4 Å². The minimum Gasteiger partial charge on any atom is -0.480 e. The maximum absolute atomic E-state index is 13.2. The number of carbonyl (C=O) groups excluding carboxylic acids is 1. The van der Waals surface area contributed by atoms with Crippen LogP contribution in [0.25, 0.3) is 0 Å². The van der Waals surface area contributed by atoms with Crippen molar-refractivity contribution >= 4 is 5.91 Å². The molecule has 3 heterocycles. The molecule has 0 saturated carbocycles. The summed E-state index contributed by atoms with van der Waals surface area (Å²) in [6, 6.07) is 1.86. The van der Waals surface area contributed by atoms with Crippen LogP contribution in [-0.4, -0.2) is 39.8 Å². The highest BCUT2D eigenvalue weighted by Crippen LogP contribution is 2.35. The lowest BCUT2D eigenvalue weighted by molar-refractivity contribution is 0.0726. The third-order valence-electron chi connectivity index (χ3n) is 4.96. The fourth-order valence-corrected chi connectivity index (χ4v) is 3.75. The molecule has 7 nitrogen and oxygen atoms in total. The summed E-state index contributed by atoms with van der Waals surface area (Å²) in [5, 5.41) is 7.85. The first kappa shape index (κ1) is 15.1. The van der Waals surface area contributed by atoms with Crippen molar-refractivity contribution in [2.45, 2.75) is 45.1 Å². The highest BCUT2D eigenvalue weighted by molar-refractivity contribution is 5.97. The molecule has 24 heavy (non-hydrogen) atoms. The number of likely N-dealkylation sites (tertiary alicyclic amines) is 1. The number of rotatable bonds is 3. The zero-order valence-electron chi connectivity index (χ0n) is 13.9. The maximum atomic E-state index is 13.2. The van der Waals surface area contributed by atoms with Gasteiger partial charge < -0.3 is 9.64 Å². The summed E-state index contributed by atoms with van der Waals surface area (Å²) in [4.78, 5) is 19.6. The standard InChI is InChI=1S/C17H20N4O3/c1-10-15(20-24-19-10)14-7-4-8-21(14)17(22)12-9-11-5-3-6-13(11)18-16(12)23-2/h9,14H,3-8H2,1-2H3. The number of ether oxygens (including phenoxy) is 1. The second-order valence-electron chi connectivity index (χ2n) is 6.40. The summed E-state index contributed by atoms with van der Waals surface area (Å²) >= 11 is 0. The van der Waals surface area contributed by atoms with E-state index in [-0.39, 0.29) is 11.9 Å². The van der Waals surface area contributed by atoms with Crippen LogP contribution in [0.5, 0.6) is 5.88 Å². The van der Waals surface area contributed by atoms with Gasteiger partial charge in [0.1, 0.15) is 17.0 Å². The molecular formula is C17H20N4O3. The lowest BCUT2D eigenvalue weighted by Gasteiger charge is -2.24. The van der Waals surface area contributed by atoms with E-state index < -0.39 is 0 Å². The monoisotopic (exact) mass is 328 g/mol. The van der Waals surface area contributed by atoms with Gasteiger partial charge in [0.05, 0.1) is 13.2 Å². The summed E-state index contributed by atoms with van der Waals surface area (Å²) in [7, 11) is 1.56. The summed E-state index contributed by atoms with van der Waals surface area (Å²) < 4.78 is 10.2. The molecule has 1 aliphatic carbocycles. The third-order valence-corrected chi connectivity index (χ3v) is 4.96. The Labute approximate surface area is 140 Å². The van der Waals surface area contributed by atoms with E-state index in [0.29, 0.717) is 18.0 Å². The molecule has 0 spiro atoms. The molecule has 1 unspecified atom stereocenters. The van der Waals surface area contributed by atoms with Gasteiger partial charge in [0.2, 0.25) is 5.88 Å². The molecule has 126 valence electrons. The van der Waals surface area contributed by atoms with Gasteiger partial charge in [-0.05, 0) is 50.7 Å². The Hall–Kier alpha value is -2.44. The van der Waals surface area contributed by atoms with Crippen LogP contribution in [0.3, 0.4) is 0 Å². The lowest BCUT2D eigenvalue weighted by Crippen LogP contribution is -2.31. The van der Waals surface area contributed by atoms with Crippen molar-refractivity contribution in [2.24, 2.45) is 0 Å². The number of carbonyl (C=O) groups is 1. The first-order chi connectivity index (χ1) is 11.7. The van der Waals surface area contributed by atoms with E-state index in [1.807, 2.05) is 17.9 Å². The number of aromatic nitrogens is 3. The Bertz CT molecular complexity index is 786. The van der Waals surface area contributed by atoms with Gasteiger partial charge in [-0.25, -0.2) is 9.61 Å². The summed E-state index contributed by atoms with van der Waals surface area (Å²) in [5.74, 6) is 0.361. The van der Waals surface area contributed by atoms with E-state index in [4.69, 9.17) is 9.37 Å². The predicted octanol–water partition coefficient (Wildman–Crippen LogP) is 2.25. The number of pyridine rings is 1. The van der Waals surface area contributed by atoms with Gasteiger partial charge in [-0.2, -0.15) is 0 Å². The van der Waals surface area contributed by atoms with E-state index >= 15 is 0 Å². The van der Waals surface area contributed by atoms with Crippen molar-refractivity contribution in [3.05, 3.63) is 34.3 Å². The highest BCUT2D eigenvalue weighted by Gasteiger charge is 2.35. The second-order valence-corrected chi connectivity index (χ2v) is 6.40. The summed E-state index contributed by atoms with van der Waals surface area (Å²) in [6.07, 6.45) is 4.81. The molecule has 1 amide bonds. The quantitative estimate of drug-likeness (QED) is 0.859. The predicted molar refractivity (Wildman–Crippen MR) is 84.9 cm³/mol. The van der Waals surface area contributed by atoms with Crippen molar-refractivity contribution < 1.29 is 14.2 Å². The van der Waals surface area contributed by atoms with Gasteiger partial charge in [0.15, 0.2) is 0 Å². The minimum atomic E-state index is -0.0956. The van der Waals surface area contributed by atoms with Gasteiger partial charge in [-0.1, -0.05) is 10.3 Å². The zero-order chi connectivity index (χ0) is 16.7. The molecule has 1 aliphatic heterocycles. The van der Waals surface area contributed by atoms with Crippen LogP contribution < -0.4 is 4.74 Å². The molecule has 7 heteroatoms. The summed E-state index contributed by atoms with van der Waals surface area (Å²) in [6.45, 7) is 2.54. The van der Waals surface area contributed by atoms with E-state index in [2.05, 4.69) is 15.3 Å². The molecule has 2 aromatic heterocycles. The molecule has 0 aromatic carbocycles. The number of hydrogen-bond donors (Lipinski definition) is 0. The van der Waals surface area contributed by atoms with E-state index in [1.165, 1.54) is 0 Å². The lowest BCUT2D eigenvalue weighted by atomic mass is 10.1. The van der Waals surface area contributed by atoms with Crippen LogP contribution in [0.1, 0.15) is 58.3 Å². The molecule has 1 fully saturated rings. The molecule has 0 N–H and O–H groups in total. The third kappa shape index (κ3) is 2.35. The zero-order valence-corrected chi connectivity index (χ0v) is 13.9. The molecule has 2 aliphatic rings. The molecule has 2 aromatic rings. The molecule has 1 saturated heterocycles. The van der Waals surface area contributed by atoms with Crippen molar-refractivity contribution in [1.82, 2.24) is 20.2 Å². The Kier molecular flexibility index (Phi) is 3.70. The van der Waals surface area contributed by atoms with Gasteiger partial charge in [0.25, 0.3) is 5.91 Å². The average Bonchev–Trinajstić information content (AvgIpc) is 3.32. The fourth-order valence-electron chi connectivity index (χ4n) is 3.75. The Morgan fingerprint density at radius 3 is 2.96 bits per heavy atom. The van der Waals surface area contributed by atoms with Gasteiger partial charge >= 0.3 is 0 Å². The van der Waals surface area contributed by atoms with E-state index in [1.54, 1.807) is 7.11 Å². The van der Waals surface area contributed by atoms with Gasteiger partial charge in [0, 0.05) is 12.2 Å². The first-order valence-electron chi connectivity index (χ1n) is 8.36. The van der Waals surface area contributed by atoms with E-state index in [9.17, 15) is 4.79 Å². The molecule has 4 rings (SSSR count). The summed E-state index contributed by atoms with van der Waals surface area (Å²) in [5.41, 5.74) is 4.24. The smallest absolute Gasteiger partial charge is 0.259 e. The Balaban J connectivity index is 1.69. The largest absolute Gasteiger partial charge is 0.480 e. The average molecular weight is 328 g/mol. The van der Waals surface area contributed by atoms with Crippen LogP contribution >= 0.6 is 0 Å². The molecule has 0 bridgehead atoms. The fraction of sp³-hybridized carbons (Fsp3) is 0.529. The number of methoxy groups -OCH3 is 1. The highest BCUT2D eigenvalue weighted by atomic mass is 16.6. The Morgan fingerprint density at radius 1 is 1.33 bits per heavy atom. The maximum Gasteiger partial charge on any atom is 0.259 e. The molecule has 0 radical (unpaired) electrons. The normalized spacial score (nSPS) is 19.6. The van der Waals surface area contributed by atoms with Crippen molar-refractivity contribution in [2.75, 3.05) is 13.7 Å². The van der Waals surface area contributed by atoms with Gasteiger partial charge in [-0.3, -0.25) is 4.79 Å². The number of nitrogens with zero attached hydrogens (tertiary/aromatic N) is 4. The number of hydrogen-bond acceptors (Lipinski definition) is 6. The van der Waals surface area contributed by atoms with Crippen molar-refractivity contribution in [3.63, 3.8) is 0 Å². The first-order valence-corrected chi connectivity index (χ1v) is 8.36. The number of aryl methyl sites for hydroxylation is 3. The van der Waals surface area contributed by atoms with Crippen LogP contribution in [0, 0.1) is 6.92 Å². The molecular weight excluding hydrogens is 308 g/mol. The Morgan fingerprint density at radius 2 is 2.21 bits per heavy atom. The second kappa shape index (κ2) is 5.89. The van der Waals surface area contributed by atoms with Crippen molar-refractivity contribution in [3.8, 4) is 5.88 Å². The number of amides is 1. The van der Waals surface area contributed by atoms with Crippen LogP contribution in [0.15, 0.2) is 10.7 Å². The minimum absolute atomic E-state index is 0.0565. The van der Waals surface area contributed by atoms with Crippen LogP contribution in [0.4, 0.5) is 0 Å². The van der Waals surface area contributed by atoms with E-state index in [0.717, 1.165) is 54.7 Å². The van der Waals surface area contributed by atoms with Crippen LogP contribution in [0.2, 0.25) is 0 Å². The SMILES string of the molecule is COc1nc2c(cc1C(=O)N1CCCC1c1nonc1C)CCC2. The molecule has 1 atom stereocenters.